The first-order chi connectivity index (χ1) is 11.7. The number of aromatic amines is 2. The van der Waals surface area contributed by atoms with E-state index in [-0.39, 0.29) is 0 Å². The number of hydrogen-bond donors (Lipinski definition) is 2. The van der Waals surface area contributed by atoms with E-state index in [0.717, 1.165) is 50.9 Å². The minimum atomic E-state index is 0.768. The third-order valence-corrected chi connectivity index (χ3v) is 5.29. The Morgan fingerprint density at radius 2 is 1.83 bits per heavy atom. The fourth-order valence-electron chi connectivity index (χ4n) is 3.66. The molecule has 1 aliphatic rings. The summed E-state index contributed by atoms with van der Waals surface area (Å²) in [5.74, 6) is 0. The van der Waals surface area contributed by atoms with E-state index in [9.17, 15) is 0 Å². The Kier molecular flexibility index (Phi) is 2.99. The van der Waals surface area contributed by atoms with Crippen LogP contribution in [0.25, 0.3) is 33.5 Å². The number of benzene rings is 2. The molecular formula is C19H14ClN3S. The molecule has 118 valence electrons. The van der Waals surface area contributed by atoms with Gasteiger partial charge in [0.25, 0.3) is 0 Å². The number of imidazole rings is 1. The van der Waals surface area contributed by atoms with E-state index >= 15 is 0 Å². The summed E-state index contributed by atoms with van der Waals surface area (Å²) in [6.45, 7) is 0.879. The largest absolute Gasteiger partial charge is 0.353 e. The highest BCUT2D eigenvalue weighted by Crippen LogP contribution is 2.40. The van der Waals surface area contributed by atoms with E-state index in [0.29, 0.717) is 0 Å². The van der Waals surface area contributed by atoms with Crippen molar-refractivity contribution >= 4 is 34.7 Å². The average Bonchev–Trinajstić information content (AvgIpc) is 3.13. The molecule has 0 unspecified atom stereocenters. The summed E-state index contributed by atoms with van der Waals surface area (Å²) in [6.07, 6.45) is 0.947. The van der Waals surface area contributed by atoms with Crippen LogP contribution in [0.1, 0.15) is 5.56 Å². The molecule has 0 amide bonds. The van der Waals surface area contributed by atoms with Crippen LogP contribution in [0.5, 0.6) is 0 Å². The Morgan fingerprint density at radius 3 is 2.67 bits per heavy atom. The number of H-pyrrole nitrogens is 2. The molecule has 1 aliphatic heterocycles. The van der Waals surface area contributed by atoms with Crippen LogP contribution >= 0.6 is 23.8 Å². The van der Waals surface area contributed by atoms with Crippen molar-refractivity contribution in [1.82, 2.24) is 14.5 Å². The summed E-state index contributed by atoms with van der Waals surface area (Å²) in [7, 11) is 0. The van der Waals surface area contributed by atoms with Crippen LogP contribution in [0.2, 0.25) is 5.02 Å². The Hall–Kier alpha value is -2.30. The van der Waals surface area contributed by atoms with Crippen LogP contribution < -0.4 is 0 Å². The fraction of sp³-hybridized carbons (Fsp3) is 0.105. The first-order valence-electron chi connectivity index (χ1n) is 7.91. The summed E-state index contributed by atoms with van der Waals surface area (Å²) >= 11 is 11.8. The van der Waals surface area contributed by atoms with Crippen LogP contribution in [0.15, 0.2) is 48.5 Å². The maximum Gasteiger partial charge on any atom is 0.178 e. The topological polar surface area (TPSA) is 36.5 Å². The van der Waals surface area contributed by atoms with Gasteiger partial charge in [0.05, 0.1) is 17.1 Å². The van der Waals surface area contributed by atoms with Gasteiger partial charge in [0, 0.05) is 28.0 Å². The molecular weight excluding hydrogens is 338 g/mol. The zero-order chi connectivity index (χ0) is 16.3. The highest BCUT2D eigenvalue weighted by atomic mass is 35.5. The van der Waals surface area contributed by atoms with Gasteiger partial charge >= 0.3 is 0 Å². The van der Waals surface area contributed by atoms with E-state index < -0.39 is 0 Å². The number of halogens is 1. The van der Waals surface area contributed by atoms with Crippen molar-refractivity contribution in [3.8, 4) is 22.6 Å². The number of rotatable bonds is 1. The van der Waals surface area contributed by atoms with E-state index in [4.69, 9.17) is 23.8 Å². The van der Waals surface area contributed by atoms with Gasteiger partial charge in [-0.25, -0.2) is 0 Å². The van der Waals surface area contributed by atoms with Gasteiger partial charge in [0.2, 0.25) is 0 Å². The molecule has 3 heterocycles. The third-order valence-electron chi connectivity index (χ3n) is 4.74. The maximum atomic E-state index is 6.21. The van der Waals surface area contributed by atoms with E-state index in [1.807, 2.05) is 36.4 Å². The van der Waals surface area contributed by atoms with Gasteiger partial charge in [-0.1, -0.05) is 41.9 Å². The minimum absolute atomic E-state index is 0.768. The van der Waals surface area contributed by atoms with Gasteiger partial charge in [0.15, 0.2) is 4.77 Å². The molecule has 0 bridgehead atoms. The van der Waals surface area contributed by atoms with Crippen molar-refractivity contribution in [3.63, 3.8) is 0 Å². The smallest absolute Gasteiger partial charge is 0.178 e. The number of hydrogen-bond acceptors (Lipinski definition) is 1. The molecule has 0 saturated heterocycles. The zero-order valence-electron chi connectivity index (χ0n) is 12.8. The van der Waals surface area contributed by atoms with Crippen LogP contribution in [-0.2, 0) is 13.0 Å². The standard InChI is InChI=1S/C19H14ClN3S/c20-12-6-7-15-14(10-12)13-8-9-23-18(17(13)21-15)16(22-19(23)24)11-4-2-1-3-5-11/h1-7,10,21H,8-9H2,(H,22,24). The van der Waals surface area contributed by atoms with Gasteiger partial charge in [-0.2, -0.15) is 0 Å². The van der Waals surface area contributed by atoms with E-state index in [1.54, 1.807) is 0 Å². The monoisotopic (exact) mass is 351 g/mol. The first kappa shape index (κ1) is 14.1. The molecule has 5 heteroatoms. The molecule has 0 saturated carbocycles. The van der Waals surface area contributed by atoms with Gasteiger partial charge in [0.1, 0.15) is 0 Å². The molecule has 3 nitrogen and oxygen atoms in total. The van der Waals surface area contributed by atoms with Crippen LogP contribution in [-0.4, -0.2) is 14.5 Å². The summed E-state index contributed by atoms with van der Waals surface area (Å²) in [5.41, 5.74) is 6.92. The lowest BCUT2D eigenvalue weighted by Crippen LogP contribution is -2.10. The Labute approximate surface area is 148 Å². The summed E-state index contributed by atoms with van der Waals surface area (Å²) in [6, 6.07) is 16.3. The lowest BCUT2D eigenvalue weighted by molar-refractivity contribution is 0.677. The van der Waals surface area contributed by atoms with Crippen molar-refractivity contribution in [3.05, 3.63) is 63.9 Å². The quantitative estimate of drug-likeness (QED) is 0.432. The number of nitrogens with one attached hydrogen (secondary N) is 2. The van der Waals surface area contributed by atoms with Gasteiger partial charge in [-0.05, 0) is 42.4 Å². The summed E-state index contributed by atoms with van der Waals surface area (Å²) in [5, 5.41) is 1.97. The van der Waals surface area contributed by atoms with E-state index in [1.165, 1.54) is 10.9 Å². The predicted molar refractivity (Wildman–Crippen MR) is 101 cm³/mol. The summed E-state index contributed by atoms with van der Waals surface area (Å²) in [4.78, 5) is 6.98. The highest BCUT2D eigenvalue weighted by molar-refractivity contribution is 7.71. The van der Waals surface area contributed by atoms with Crippen LogP contribution in [0.4, 0.5) is 0 Å². The van der Waals surface area contributed by atoms with Crippen molar-refractivity contribution < 1.29 is 0 Å². The van der Waals surface area contributed by atoms with Crippen molar-refractivity contribution in [2.24, 2.45) is 0 Å². The molecule has 0 fully saturated rings. The maximum absolute atomic E-state index is 6.21. The number of aromatic nitrogens is 3. The Balaban J connectivity index is 1.85. The fourth-order valence-corrected chi connectivity index (χ4v) is 4.12. The van der Waals surface area contributed by atoms with Crippen LogP contribution in [0.3, 0.4) is 0 Å². The molecule has 5 rings (SSSR count). The van der Waals surface area contributed by atoms with Crippen molar-refractivity contribution in [2.75, 3.05) is 0 Å². The predicted octanol–water partition coefficient (Wildman–Crippen LogP) is 5.57. The first-order valence-corrected chi connectivity index (χ1v) is 8.70. The second-order valence-electron chi connectivity index (χ2n) is 6.09. The Bertz CT molecular complexity index is 1130. The molecule has 0 atom stereocenters. The number of fused-ring (bicyclic) bond motifs is 5. The lowest BCUT2D eigenvalue weighted by Gasteiger charge is -2.17. The molecule has 24 heavy (non-hydrogen) atoms. The molecule has 2 aromatic carbocycles. The number of nitrogens with zero attached hydrogens (tertiary/aromatic N) is 1. The number of aryl methyl sites for hydroxylation is 1. The molecule has 0 aliphatic carbocycles. The highest BCUT2D eigenvalue weighted by Gasteiger charge is 2.25. The van der Waals surface area contributed by atoms with Gasteiger partial charge < -0.3 is 14.5 Å². The summed E-state index contributed by atoms with van der Waals surface area (Å²) < 4.78 is 2.96. The molecule has 2 aromatic heterocycles. The van der Waals surface area contributed by atoms with Crippen LogP contribution in [0, 0.1) is 4.77 Å². The van der Waals surface area contributed by atoms with E-state index in [2.05, 4.69) is 26.7 Å². The molecule has 4 aromatic rings. The second kappa shape index (κ2) is 5.10. The zero-order valence-corrected chi connectivity index (χ0v) is 14.3. The second-order valence-corrected chi connectivity index (χ2v) is 6.91. The van der Waals surface area contributed by atoms with Crippen molar-refractivity contribution in [1.29, 1.82) is 0 Å². The van der Waals surface area contributed by atoms with Gasteiger partial charge in [-0.3, -0.25) is 0 Å². The minimum Gasteiger partial charge on any atom is -0.353 e. The average molecular weight is 352 g/mol. The molecule has 0 spiro atoms. The normalized spacial score (nSPS) is 13.0. The third kappa shape index (κ3) is 1.93. The van der Waals surface area contributed by atoms with Crippen molar-refractivity contribution in [2.45, 2.75) is 13.0 Å². The molecule has 0 radical (unpaired) electrons. The molecule has 2 N–H and O–H groups in total. The SMILES string of the molecule is S=c1[nH]c(-c2ccccc2)c2n1CCc1c-2[nH]c2ccc(Cl)cc12. The Morgan fingerprint density at radius 1 is 1.00 bits per heavy atom. The lowest BCUT2D eigenvalue weighted by atomic mass is 10.00. The van der Waals surface area contributed by atoms with Gasteiger partial charge in [-0.15, -0.1) is 0 Å².